The van der Waals surface area contributed by atoms with E-state index < -0.39 is 12.0 Å². The zero-order valence-electron chi connectivity index (χ0n) is 12.3. The molecule has 2 N–H and O–H groups in total. The lowest BCUT2D eigenvalue weighted by Crippen LogP contribution is -2.47. The minimum absolute atomic E-state index is 0.239. The molecule has 1 rings (SSSR count). The van der Waals surface area contributed by atoms with E-state index in [4.69, 9.17) is 5.11 Å². The van der Waals surface area contributed by atoms with Crippen molar-refractivity contribution in [3.63, 3.8) is 0 Å². The zero-order chi connectivity index (χ0) is 14.6. The predicted octanol–water partition coefficient (Wildman–Crippen LogP) is 2.17. The van der Waals surface area contributed by atoms with E-state index in [-0.39, 0.29) is 11.9 Å². The number of aliphatic carboxylic acids is 1. The number of carboxylic acids is 1. The van der Waals surface area contributed by atoms with Crippen LogP contribution in [0.25, 0.3) is 0 Å². The summed E-state index contributed by atoms with van der Waals surface area (Å²) in [5.74, 6) is 0.368. The molecule has 5 heteroatoms. The van der Waals surface area contributed by atoms with E-state index in [0.717, 1.165) is 19.5 Å². The molecule has 110 valence electrons. The molecule has 0 aromatic heterocycles. The zero-order valence-corrected chi connectivity index (χ0v) is 12.3. The molecular weight excluding hydrogens is 244 g/mol. The van der Waals surface area contributed by atoms with Crippen molar-refractivity contribution in [3.05, 3.63) is 0 Å². The van der Waals surface area contributed by atoms with Gasteiger partial charge in [-0.1, -0.05) is 27.7 Å². The molecule has 0 radical (unpaired) electrons. The van der Waals surface area contributed by atoms with E-state index in [2.05, 4.69) is 19.2 Å². The van der Waals surface area contributed by atoms with Gasteiger partial charge in [0.1, 0.15) is 6.04 Å². The lowest BCUT2D eigenvalue weighted by Gasteiger charge is -2.22. The minimum atomic E-state index is -0.957. The molecule has 5 nitrogen and oxygen atoms in total. The highest BCUT2D eigenvalue weighted by atomic mass is 16.4. The number of hydrogen-bond acceptors (Lipinski definition) is 2. The van der Waals surface area contributed by atoms with Gasteiger partial charge in [0.05, 0.1) is 0 Å². The van der Waals surface area contributed by atoms with Crippen LogP contribution >= 0.6 is 0 Å². The molecule has 2 amide bonds. The van der Waals surface area contributed by atoms with Gasteiger partial charge in [-0.3, -0.25) is 0 Å². The summed E-state index contributed by atoms with van der Waals surface area (Å²) in [5, 5.41) is 11.8. The van der Waals surface area contributed by atoms with Gasteiger partial charge in [0.2, 0.25) is 0 Å². The van der Waals surface area contributed by atoms with Crippen molar-refractivity contribution in [2.24, 2.45) is 17.8 Å². The van der Waals surface area contributed by atoms with Gasteiger partial charge in [0, 0.05) is 13.1 Å². The number of likely N-dealkylation sites (tertiary alicyclic amines) is 1. The predicted molar refractivity (Wildman–Crippen MR) is 73.9 cm³/mol. The van der Waals surface area contributed by atoms with Gasteiger partial charge < -0.3 is 15.3 Å². The molecule has 1 aliphatic heterocycles. The van der Waals surface area contributed by atoms with Gasteiger partial charge in [-0.05, 0) is 30.6 Å². The number of carbonyl (C=O) groups excluding carboxylic acids is 1. The Bertz CT molecular complexity index is 329. The van der Waals surface area contributed by atoms with E-state index in [1.54, 1.807) is 4.90 Å². The average molecular weight is 270 g/mol. The summed E-state index contributed by atoms with van der Waals surface area (Å²) >= 11 is 0. The third-order valence-corrected chi connectivity index (χ3v) is 3.76. The first kappa shape index (κ1) is 15.8. The Morgan fingerprint density at radius 2 is 1.95 bits per heavy atom. The van der Waals surface area contributed by atoms with Gasteiger partial charge >= 0.3 is 12.0 Å². The summed E-state index contributed by atoms with van der Waals surface area (Å²) in [5.41, 5.74) is 0. The molecule has 0 aromatic carbocycles. The van der Waals surface area contributed by atoms with Crippen molar-refractivity contribution in [2.75, 3.05) is 13.1 Å². The summed E-state index contributed by atoms with van der Waals surface area (Å²) in [6.07, 6.45) is 1.47. The number of amides is 2. The number of nitrogens with zero attached hydrogens (tertiary/aromatic N) is 1. The third kappa shape index (κ3) is 4.73. The Morgan fingerprint density at radius 3 is 2.37 bits per heavy atom. The van der Waals surface area contributed by atoms with Crippen LogP contribution in [0.3, 0.4) is 0 Å². The number of carboxylic acid groups (broad SMARTS) is 1. The first-order valence-electron chi connectivity index (χ1n) is 7.09. The molecule has 0 aromatic rings. The van der Waals surface area contributed by atoms with Crippen LogP contribution in [0, 0.1) is 17.8 Å². The Labute approximate surface area is 115 Å². The number of carbonyl (C=O) groups is 2. The second-order valence-corrected chi connectivity index (χ2v) is 6.21. The van der Waals surface area contributed by atoms with Crippen LogP contribution < -0.4 is 5.32 Å². The number of urea groups is 1. The van der Waals surface area contributed by atoms with Crippen molar-refractivity contribution in [1.82, 2.24) is 10.2 Å². The highest BCUT2D eigenvalue weighted by Crippen LogP contribution is 2.23. The van der Waals surface area contributed by atoms with Crippen LogP contribution in [0.15, 0.2) is 0 Å². The molecule has 0 aliphatic carbocycles. The van der Waals surface area contributed by atoms with Crippen LogP contribution in [-0.2, 0) is 4.79 Å². The molecule has 0 spiro atoms. The first-order valence-corrected chi connectivity index (χ1v) is 7.09. The maximum atomic E-state index is 12.1. The molecule has 1 unspecified atom stereocenters. The van der Waals surface area contributed by atoms with Gasteiger partial charge in [-0.25, -0.2) is 9.59 Å². The lowest BCUT2D eigenvalue weighted by molar-refractivity contribution is -0.139. The van der Waals surface area contributed by atoms with E-state index in [9.17, 15) is 9.59 Å². The standard InChI is InChI=1S/C14H26N2O3/c1-9(2)7-12(13(17)18)15-14(19)16-6-5-11(8-16)10(3)4/h9-12H,5-8H2,1-4H3,(H,15,19)(H,17,18)/t11?,12-/m1/s1. The molecule has 2 atom stereocenters. The molecular formula is C14H26N2O3. The minimum Gasteiger partial charge on any atom is -0.480 e. The normalized spacial score (nSPS) is 20.9. The Morgan fingerprint density at radius 1 is 1.32 bits per heavy atom. The second kappa shape index (κ2) is 6.78. The average Bonchev–Trinajstić information content (AvgIpc) is 2.76. The van der Waals surface area contributed by atoms with E-state index in [1.807, 2.05) is 13.8 Å². The van der Waals surface area contributed by atoms with Gasteiger partial charge in [-0.2, -0.15) is 0 Å². The van der Waals surface area contributed by atoms with Crippen LogP contribution in [0.2, 0.25) is 0 Å². The topological polar surface area (TPSA) is 69.6 Å². The van der Waals surface area contributed by atoms with Crippen molar-refractivity contribution in [2.45, 2.75) is 46.6 Å². The summed E-state index contributed by atoms with van der Waals surface area (Å²) in [4.78, 5) is 24.9. The second-order valence-electron chi connectivity index (χ2n) is 6.21. The fraction of sp³-hybridized carbons (Fsp3) is 0.857. The highest BCUT2D eigenvalue weighted by molar-refractivity contribution is 5.82. The van der Waals surface area contributed by atoms with Crippen LogP contribution in [0.1, 0.15) is 40.5 Å². The number of hydrogen-bond donors (Lipinski definition) is 2. The van der Waals surface area contributed by atoms with E-state index in [0.29, 0.717) is 18.3 Å². The molecule has 0 bridgehead atoms. The van der Waals surface area contributed by atoms with Crippen molar-refractivity contribution in [3.8, 4) is 0 Å². The fourth-order valence-electron chi connectivity index (χ4n) is 2.45. The molecule has 1 aliphatic rings. The number of nitrogens with one attached hydrogen (secondary N) is 1. The van der Waals surface area contributed by atoms with E-state index in [1.165, 1.54) is 0 Å². The molecule has 1 heterocycles. The Hall–Kier alpha value is -1.26. The van der Waals surface area contributed by atoms with Gasteiger partial charge in [0.15, 0.2) is 0 Å². The summed E-state index contributed by atoms with van der Waals surface area (Å²) in [7, 11) is 0. The smallest absolute Gasteiger partial charge is 0.326 e. The third-order valence-electron chi connectivity index (χ3n) is 3.76. The van der Waals surface area contributed by atoms with Crippen LogP contribution in [-0.4, -0.2) is 41.1 Å². The van der Waals surface area contributed by atoms with E-state index >= 15 is 0 Å². The van der Waals surface area contributed by atoms with Gasteiger partial charge in [-0.15, -0.1) is 0 Å². The SMILES string of the molecule is CC(C)C[C@@H](NC(=O)N1CCC(C(C)C)C1)C(=O)O. The molecule has 0 saturated carbocycles. The monoisotopic (exact) mass is 270 g/mol. The largest absolute Gasteiger partial charge is 0.480 e. The quantitative estimate of drug-likeness (QED) is 0.804. The highest BCUT2D eigenvalue weighted by Gasteiger charge is 2.30. The maximum absolute atomic E-state index is 12.1. The Balaban J connectivity index is 2.51. The van der Waals surface area contributed by atoms with Crippen LogP contribution in [0.5, 0.6) is 0 Å². The summed E-state index contributed by atoms with van der Waals surface area (Å²) < 4.78 is 0. The lowest BCUT2D eigenvalue weighted by atomic mass is 9.95. The number of rotatable bonds is 5. The molecule has 1 fully saturated rings. The first-order chi connectivity index (χ1) is 8.81. The Kier molecular flexibility index (Phi) is 5.63. The van der Waals surface area contributed by atoms with Crippen molar-refractivity contribution in [1.29, 1.82) is 0 Å². The maximum Gasteiger partial charge on any atom is 0.326 e. The van der Waals surface area contributed by atoms with Crippen molar-refractivity contribution < 1.29 is 14.7 Å². The molecule has 1 saturated heterocycles. The molecule has 19 heavy (non-hydrogen) atoms. The van der Waals surface area contributed by atoms with Gasteiger partial charge in [0.25, 0.3) is 0 Å². The van der Waals surface area contributed by atoms with Crippen molar-refractivity contribution >= 4 is 12.0 Å². The fourth-order valence-corrected chi connectivity index (χ4v) is 2.45. The van der Waals surface area contributed by atoms with Crippen LogP contribution in [0.4, 0.5) is 4.79 Å². The summed E-state index contributed by atoms with van der Waals surface area (Å²) in [6, 6.07) is -1.03. The summed E-state index contributed by atoms with van der Waals surface area (Å²) in [6.45, 7) is 9.68.